The van der Waals surface area contributed by atoms with Gasteiger partial charge in [-0.1, -0.05) is 279 Å². The first-order chi connectivity index (χ1) is 40.9. The molecule has 0 spiro atoms. The molecule has 0 saturated carbocycles. The van der Waals surface area contributed by atoms with Crippen molar-refractivity contribution in [2.45, 2.75) is 349 Å². The molecule has 85 heavy (non-hydrogen) atoms. The Balaban J connectivity index is 5.24. The lowest BCUT2D eigenvalue weighted by atomic mass is 10.00. The van der Waals surface area contributed by atoms with Gasteiger partial charge in [-0.15, -0.1) is 0 Å². The van der Waals surface area contributed by atoms with Crippen molar-refractivity contribution >= 4 is 39.5 Å². The van der Waals surface area contributed by atoms with Crippen molar-refractivity contribution in [3.8, 4) is 0 Å². The summed E-state index contributed by atoms with van der Waals surface area (Å²) >= 11 is 0. The van der Waals surface area contributed by atoms with E-state index in [0.29, 0.717) is 25.7 Å². The maximum atomic E-state index is 13.0. The van der Waals surface area contributed by atoms with Gasteiger partial charge in [0.2, 0.25) is 0 Å². The Bertz CT molecular complexity index is 1670. The minimum Gasteiger partial charge on any atom is -0.462 e. The van der Waals surface area contributed by atoms with E-state index in [-0.39, 0.29) is 25.7 Å². The minimum absolute atomic E-state index is 0.103. The Morgan fingerprint density at radius 3 is 0.835 bits per heavy atom. The third kappa shape index (κ3) is 58.2. The van der Waals surface area contributed by atoms with Crippen molar-refractivity contribution in [2.24, 2.45) is 11.8 Å². The molecular weight excluding hydrogens is 1130 g/mol. The number of ether oxygens (including phenoxy) is 4. The van der Waals surface area contributed by atoms with Crippen LogP contribution in [0.5, 0.6) is 0 Å². The highest BCUT2D eigenvalue weighted by Crippen LogP contribution is 2.45. The summed E-state index contributed by atoms with van der Waals surface area (Å²) < 4.78 is 68.1. The summed E-state index contributed by atoms with van der Waals surface area (Å²) in [6.45, 7) is 9.42. The molecule has 17 nitrogen and oxygen atoms in total. The molecule has 19 heteroatoms. The van der Waals surface area contributed by atoms with Crippen LogP contribution >= 0.6 is 15.6 Å². The molecule has 504 valence electrons. The molecular formula is C66H128O17P2. The highest BCUT2D eigenvalue weighted by Gasteiger charge is 2.30. The fourth-order valence-corrected chi connectivity index (χ4v) is 11.4. The standard InChI is InChI=1S/C66H128O17P2/c1-7-11-13-15-17-19-21-22-23-24-25-27-29-38-44-50-65(70)82-61(55-77-64(69)49-43-37-32-30-34-40-46-58(5)9-3)56-80-84(72,73)78-52-60(67)53-79-85(74,75)81-57-62(83-66(71)51-45-39-33-31-35-41-47-59(6)10-4)54-76-63(68)48-42-36-28-26-20-18-16-14-12-8-2/h58-62,67H,7-57H2,1-6H3,(H,72,73)(H,74,75)/t58?,59?,60-,61-,62-/m1/s1. The SMILES string of the molecule is CCCCCCCCCCCCCCCCCC(=O)O[C@H](COC(=O)CCCCCCCCC(C)CC)COP(=O)(O)OC[C@@H](O)COP(=O)(O)OC[C@@H](COC(=O)CCCCCCCCCCCC)OC(=O)CCCCCCCCC(C)CC. The van der Waals surface area contributed by atoms with Gasteiger partial charge in [0.1, 0.15) is 19.3 Å². The molecule has 0 bridgehead atoms. The molecule has 0 aliphatic carbocycles. The van der Waals surface area contributed by atoms with Crippen LogP contribution in [-0.2, 0) is 65.4 Å². The monoisotopic (exact) mass is 1250 g/mol. The van der Waals surface area contributed by atoms with Crippen molar-refractivity contribution in [3.05, 3.63) is 0 Å². The molecule has 4 unspecified atom stereocenters. The zero-order valence-electron chi connectivity index (χ0n) is 54.9. The van der Waals surface area contributed by atoms with Gasteiger partial charge in [0.15, 0.2) is 12.2 Å². The number of aliphatic hydroxyl groups is 1. The number of carbonyl (C=O) groups excluding carboxylic acids is 4. The summed E-state index contributed by atoms with van der Waals surface area (Å²) in [6.07, 6.45) is 41.7. The van der Waals surface area contributed by atoms with Crippen LogP contribution in [-0.4, -0.2) is 96.7 Å². The molecule has 0 heterocycles. The van der Waals surface area contributed by atoms with E-state index in [2.05, 4.69) is 41.5 Å². The summed E-state index contributed by atoms with van der Waals surface area (Å²) in [4.78, 5) is 72.3. The van der Waals surface area contributed by atoms with Crippen LogP contribution in [0.2, 0.25) is 0 Å². The van der Waals surface area contributed by atoms with E-state index >= 15 is 0 Å². The van der Waals surface area contributed by atoms with Gasteiger partial charge in [-0.2, -0.15) is 0 Å². The zero-order valence-corrected chi connectivity index (χ0v) is 56.7. The lowest BCUT2D eigenvalue weighted by molar-refractivity contribution is -0.161. The quantitative estimate of drug-likeness (QED) is 0.0222. The average Bonchev–Trinajstić information content (AvgIpc) is 3.64. The minimum atomic E-state index is -4.95. The van der Waals surface area contributed by atoms with Crippen molar-refractivity contribution in [3.63, 3.8) is 0 Å². The Morgan fingerprint density at radius 1 is 0.329 bits per heavy atom. The maximum Gasteiger partial charge on any atom is 0.472 e. The van der Waals surface area contributed by atoms with Crippen LogP contribution in [0.4, 0.5) is 0 Å². The van der Waals surface area contributed by atoms with Gasteiger partial charge >= 0.3 is 39.5 Å². The smallest absolute Gasteiger partial charge is 0.462 e. The van der Waals surface area contributed by atoms with E-state index in [4.69, 9.17) is 37.0 Å². The normalized spacial score (nSPS) is 14.9. The van der Waals surface area contributed by atoms with Gasteiger partial charge < -0.3 is 33.8 Å². The second-order valence-corrected chi connectivity index (χ2v) is 27.2. The van der Waals surface area contributed by atoms with Gasteiger partial charge in [-0.05, 0) is 37.5 Å². The van der Waals surface area contributed by atoms with E-state index in [1.165, 1.54) is 141 Å². The fourth-order valence-electron chi connectivity index (χ4n) is 9.82. The fraction of sp³-hybridized carbons (Fsp3) is 0.939. The van der Waals surface area contributed by atoms with Crippen molar-refractivity contribution < 1.29 is 80.2 Å². The van der Waals surface area contributed by atoms with E-state index in [1.54, 1.807) is 0 Å². The molecule has 0 aromatic heterocycles. The van der Waals surface area contributed by atoms with Crippen LogP contribution in [0.15, 0.2) is 0 Å². The molecule has 7 atom stereocenters. The van der Waals surface area contributed by atoms with Crippen LogP contribution < -0.4 is 0 Å². The van der Waals surface area contributed by atoms with E-state index < -0.39 is 97.5 Å². The van der Waals surface area contributed by atoms with Crippen LogP contribution in [0, 0.1) is 11.8 Å². The van der Waals surface area contributed by atoms with Gasteiger partial charge in [0.05, 0.1) is 26.4 Å². The third-order valence-electron chi connectivity index (χ3n) is 15.9. The number of carbonyl (C=O) groups is 4. The molecule has 0 rings (SSSR count). The Hall–Kier alpha value is -1.94. The second-order valence-electron chi connectivity index (χ2n) is 24.3. The van der Waals surface area contributed by atoms with Crippen LogP contribution in [0.25, 0.3) is 0 Å². The number of hydrogen-bond donors (Lipinski definition) is 3. The van der Waals surface area contributed by atoms with Crippen molar-refractivity contribution in [1.82, 2.24) is 0 Å². The average molecular weight is 1260 g/mol. The number of hydrogen-bond acceptors (Lipinski definition) is 15. The van der Waals surface area contributed by atoms with E-state index in [1.807, 2.05) is 0 Å². The van der Waals surface area contributed by atoms with Crippen molar-refractivity contribution in [2.75, 3.05) is 39.6 Å². The molecule has 0 aliphatic rings. The lowest BCUT2D eigenvalue weighted by Crippen LogP contribution is -2.30. The van der Waals surface area contributed by atoms with E-state index in [0.717, 1.165) is 108 Å². The molecule has 0 aromatic rings. The summed E-state index contributed by atoms with van der Waals surface area (Å²) in [7, 11) is -9.89. The number of unbranched alkanes of at least 4 members (excludes halogenated alkanes) is 33. The predicted octanol–water partition coefficient (Wildman–Crippen LogP) is 18.4. The van der Waals surface area contributed by atoms with Crippen LogP contribution in [0.1, 0.15) is 330 Å². The van der Waals surface area contributed by atoms with Gasteiger partial charge in [0, 0.05) is 25.7 Å². The predicted molar refractivity (Wildman–Crippen MR) is 340 cm³/mol. The van der Waals surface area contributed by atoms with E-state index in [9.17, 15) is 43.2 Å². The first-order valence-electron chi connectivity index (χ1n) is 34.6. The molecule has 0 aliphatic heterocycles. The third-order valence-corrected chi connectivity index (χ3v) is 17.8. The first kappa shape index (κ1) is 83.1. The molecule has 0 aromatic carbocycles. The number of rotatable bonds is 65. The summed E-state index contributed by atoms with van der Waals surface area (Å²) in [5.41, 5.74) is 0. The summed E-state index contributed by atoms with van der Waals surface area (Å²) in [6, 6.07) is 0. The Labute approximate surface area is 517 Å². The molecule has 0 fully saturated rings. The zero-order chi connectivity index (χ0) is 62.9. The van der Waals surface area contributed by atoms with Gasteiger partial charge in [-0.25, -0.2) is 9.13 Å². The number of aliphatic hydroxyl groups excluding tert-OH is 1. The highest BCUT2D eigenvalue weighted by atomic mass is 31.2. The summed E-state index contributed by atoms with van der Waals surface area (Å²) in [5, 5.41) is 10.5. The Kier molecular flexibility index (Phi) is 57.1. The van der Waals surface area contributed by atoms with Crippen LogP contribution in [0.3, 0.4) is 0 Å². The van der Waals surface area contributed by atoms with Gasteiger partial charge in [0.25, 0.3) is 0 Å². The molecule has 0 saturated heterocycles. The second kappa shape index (κ2) is 58.4. The number of phosphoric ester groups is 2. The largest absolute Gasteiger partial charge is 0.472 e. The van der Waals surface area contributed by atoms with Crippen molar-refractivity contribution in [1.29, 1.82) is 0 Å². The number of esters is 4. The molecule has 3 N–H and O–H groups in total. The first-order valence-corrected chi connectivity index (χ1v) is 37.6. The highest BCUT2D eigenvalue weighted by molar-refractivity contribution is 7.47. The number of phosphoric acid groups is 2. The molecule has 0 radical (unpaired) electrons. The lowest BCUT2D eigenvalue weighted by Gasteiger charge is -2.21. The van der Waals surface area contributed by atoms with Gasteiger partial charge in [-0.3, -0.25) is 37.3 Å². The summed E-state index contributed by atoms with van der Waals surface area (Å²) in [5.74, 6) is -0.682. The maximum absolute atomic E-state index is 13.0. The topological polar surface area (TPSA) is 237 Å². The molecule has 0 amide bonds. The Morgan fingerprint density at radius 2 is 0.565 bits per heavy atom.